The molecule has 1 aromatic heterocycles. The van der Waals surface area contributed by atoms with Gasteiger partial charge in [-0.25, -0.2) is 17.7 Å². The van der Waals surface area contributed by atoms with Gasteiger partial charge in [0.15, 0.2) is 0 Å². The summed E-state index contributed by atoms with van der Waals surface area (Å²) in [7, 11) is -3.23. The van der Waals surface area contributed by atoms with Crippen LogP contribution in [-0.2, 0) is 10.0 Å². The summed E-state index contributed by atoms with van der Waals surface area (Å²) in [5.41, 5.74) is 0.310. The van der Waals surface area contributed by atoms with Crippen molar-refractivity contribution in [2.24, 2.45) is 0 Å². The predicted molar refractivity (Wildman–Crippen MR) is 85.3 cm³/mol. The summed E-state index contributed by atoms with van der Waals surface area (Å²) in [6, 6.07) is 0. The minimum absolute atomic E-state index is 0.174. The fourth-order valence-electron chi connectivity index (χ4n) is 3.26. The van der Waals surface area contributed by atoms with E-state index in [1.807, 2.05) is 0 Å². The maximum Gasteiger partial charge on any atom is 0.274 e. The molecule has 0 aromatic carbocycles. The largest absolute Gasteiger partial charge is 0.337 e. The topological polar surface area (TPSA) is 83.5 Å². The molecule has 0 spiro atoms. The van der Waals surface area contributed by atoms with Crippen molar-refractivity contribution >= 4 is 15.9 Å². The Morgan fingerprint density at radius 3 is 2.35 bits per heavy atom. The highest BCUT2D eigenvalue weighted by Gasteiger charge is 2.36. The maximum atomic E-state index is 12.7. The summed E-state index contributed by atoms with van der Waals surface area (Å²) in [5, 5.41) is -0.369. The minimum Gasteiger partial charge on any atom is -0.337 e. The highest BCUT2D eigenvalue weighted by Crippen LogP contribution is 2.24. The van der Waals surface area contributed by atoms with E-state index in [2.05, 4.69) is 9.97 Å². The molecule has 0 radical (unpaired) electrons. The molecule has 2 aliphatic heterocycles. The molecule has 1 amide bonds. The highest BCUT2D eigenvalue weighted by molar-refractivity contribution is 7.89. The van der Waals surface area contributed by atoms with Gasteiger partial charge in [0.25, 0.3) is 5.91 Å². The molecule has 7 nitrogen and oxygen atoms in total. The number of likely N-dealkylation sites (tertiary alicyclic amines) is 1. The lowest BCUT2D eigenvalue weighted by molar-refractivity contribution is 0.0718. The first-order valence-corrected chi connectivity index (χ1v) is 9.63. The molecular weight excluding hydrogens is 316 g/mol. The Morgan fingerprint density at radius 2 is 1.74 bits per heavy atom. The highest BCUT2D eigenvalue weighted by atomic mass is 32.2. The molecule has 0 bridgehead atoms. The van der Waals surface area contributed by atoms with Crippen LogP contribution in [0.5, 0.6) is 0 Å². The first-order chi connectivity index (χ1) is 11.1. The molecule has 2 saturated heterocycles. The molecule has 0 saturated carbocycles. The molecule has 8 heteroatoms. The number of nitrogens with zero attached hydrogens (tertiary/aromatic N) is 4. The summed E-state index contributed by atoms with van der Waals surface area (Å²) in [6.45, 7) is 2.18. The normalized spacial score (nSPS) is 21.3. The van der Waals surface area contributed by atoms with Crippen LogP contribution in [0.3, 0.4) is 0 Å². The van der Waals surface area contributed by atoms with Crippen LogP contribution in [0.15, 0.2) is 18.6 Å². The van der Waals surface area contributed by atoms with Gasteiger partial charge in [-0.15, -0.1) is 0 Å². The minimum atomic E-state index is -3.23. The number of rotatable bonds is 3. The fourth-order valence-corrected chi connectivity index (χ4v) is 5.25. The standard InChI is InChI=1S/C15H22N4O3S/c20-15(14-12-16-6-7-17-14)18-10-4-13(5-11-18)23(21,22)19-8-2-1-3-9-19/h6-7,12-13H,1-5,8-11H2. The van der Waals surface area contributed by atoms with Crippen molar-refractivity contribution in [2.75, 3.05) is 26.2 Å². The van der Waals surface area contributed by atoms with Crippen molar-refractivity contribution in [3.8, 4) is 0 Å². The molecule has 2 fully saturated rings. The summed E-state index contributed by atoms with van der Waals surface area (Å²) >= 11 is 0. The van der Waals surface area contributed by atoms with Crippen molar-refractivity contribution < 1.29 is 13.2 Å². The van der Waals surface area contributed by atoms with E-state index in [0.717, 1.165) is 19.3 Å². The third-order valence-corrected chi connectivity index (χ3v) is 7.01. The molecule has 23 heavy (non-hydrogen) atoms. The Hall–Kier alpha value is -1.54. The van der Waals surface area contributed by atoms with Crippen molar-refractivity contribution in [3.05, 3.63) is 24.3 Å². The lowest BCUT2D eigenvalue weighted by atomic mass is 10.1. The predicted octanol–water partition coefficient (Wildman–Crippen LogP) is 0.897. The summed E-state index contributed by atoms with van der Waals surface area (Å²) in [4.78, 5) is 21.9. The Bertz CT molecular complexity index is 636. The van der Waals surface area contributed by atoms with E-state index in [4.69, 9.17) is 0 Å². The van der Waals surface area contributed by atoms with Crippen LogP contribution in [0.4, 0.5) is 0 Å². The fraction of sp³-hybridized carbons (Fsp3) is 0.667. The van der Waals surface area contributed by atoms with E-state index < -0.39 is 10.0 Å². The number of hydrogen-bond acceptors (Lipinski definition) is 5. The van der Waals surface area contributed by atoms with Crippen LogP contribution in [0.2, 0.25) is 0 Å². The number of amides is 1. The van der Waals surface area contributed by atoms with Gasteiger partial charge < -0.3 is 4.90 Å². The van der Waals surface area contributed by atoms with E-state index in [1.54, 1.807) is 9.21 Å². The molecule has 1 aromatic rings. The first-order valence-electron chi connectivity index (χ1n) is 8.13. The molecule has 0 N–H and O–H groups in total. The van der Waals surface area contributed by atoms with Gasteiger partial charge in [0.2, 0.25) is 10.0 Å². The first kappa shape index (κ1) is 16.3. The van der Waals surface area contributed by atoms with Gasteiger partial charge in [0, 0.05) is 38.6 Å². The van der Waals surface area contributed by atoms with E-state index in [1.165, 1.54) is 18.6 Å². The van der Waals surface area contributed by atoms with Gasteiger partial charge in [-0.3, -0.25) is 9.78 Å². The van der Waals surface area contributed by atoms with Crippen LogP contribution in [-0.4, -0.2) is 64.9 Å². The molecule has 0 aliphatic carbocycles. The Labute approximate surface area is 136 Å². The average Bonchev–Trinajstić information content (AvgIpc) is 2.63. The molecule has 0 unspecified atom stereocenters. The van der Waals surface area contributed by atoms with Gasteiger partial charge in [0.1, 0.15) is 5.69 Å². The van der Waals surface area contributed by atoms with Crippen molar-refractivity contribution in [1.29, 1.82) is 0 Å². The van der Waals surface area contributed by atoms with Crippen LogP contribution < -0.4 is 0 Å². The van der Waals surface area contributed by atoms with Crippen LogP contribution >= 0.6 is 0 Å². The SMILES string of the molecule is O=C(c1cnccn1)N1CCC(S(=O)(=O)N2CCCCC2)CC1. The zero-order valence-corrected chi connectivity index (χ0v) is 13.9. The van der Waals surface area contributed by atoms with E-state index in [9.17, 15) is 13.2 Å². The summed E-state index contributed by atoms with van der Waals surface area (Å²) in [5.74, 6) is -0.174. The van der Waals surface area contributed by atoms with Gasteiger partial charge >= 0.3 is 0 Å². The third-order valence-electron chi connectivity index (χ3n) is 4.61. The van der Waals surface area contributed by atoms with Crippen LogP contribution in [0.25, 0.3) is 0 Å². The number of carbonyl (C=O) groups is 1. The Kier molecular flexibility index (Phi) is 4.91. The number of piperidine rings is 2. The van der Waals surface area contributed by atoms with Gasteiger partial charge in [0.05, 0.1) is 11.4 Å². The smallest absolute Gasteiger partial charge is 0.274 e. The number of carbonyl (C=O) groups excluding carboxylic acids is 1. The second-order valence-electron chi connectivity index (χ2n) is 6.09. The van der Waals surface area contributed by atoms with Gasteiger partial charge in [-0.1, -0.05) is 6.42 Å². The van der Waals surface area contributed by atoms with Gasteiger partial charge in [-0.2, -0.15) is 0 Å². The maximum absolute atomic E-state index is 12.7. The van der Waals surface area contributed by atoms with Crippen molar-refractivity contribution in [2.45, 2.75) is 37.4 Å². The number of hydrogen-bond donors (Lipinski definition) is 0. The summed E-state index contributed by atoms with van der Waals surface area (Å²) in [6.07, 6.45) is 8.44. The molecule has 0 atom stereocenters. The summed E-state index contributed by atoms with van der Waals surface area (Å²) < 4.78 is 27.0. The average molecular weight is 338 g/mol. The molecular formula is C15H22N4O3S. The van der Waals surface area contributed by atoms with E-state index in [0.29, 0.717) is 44.7 Å². The van der Waals surface area contributed by atoms with Crippen LogP contribution in [0, 0.1) is 0 Å². The quantitative estimate of drug-likeness (QED) is 0.817. The van der Waals surface area contributed by atoms with Crippen molar-refractivity contribution in [3.63, 3.8) is 0 Å². The Balaban J connectivity index is 1.61. The molecule has 3 heterocycles. The third kappa shape index (κ3) is 3.53. The zero-order valence-electron chi connectivity index (χ0n) is 13.1. The lowest BCUT2D eigenvalue weighted by Crippen LogP contribution is -2.48. The van der Waals surface area contributed by atoms with E-state index >= 15 is 0 Å². The number of aromatic nitrogens is 2. The second kappa shape index (κ2) is 6.92. The molecule has 3 rings (SSSR count). The molecule has 2 aliphatic rings. The Morgan fingerprint density at radius 1 is 1.04 bits per heavy atom. The van der Waals surface area contributed by atoms with E-state index in [-0.39, 0.29) is 11.2 Å². The van der Waals surface area contributed by atoms with Gasteiger partial charge in [-0.05, 0) is 25.7 Å². The van der Waals surface area contributed by atoms with Crippen molar-refractivity contribution in [1.82, 2.24) is 19.2 Å². The number of sulfonamides is 1. The van der Waals surface area contributed by atoms with Crippen LogP contribution in [0.1, 0.15) is 42.6 Å². The molecule has 126 valence electrons. The lowest BCUT2D eigenvalue weighted by Gasteiger charge is -2.35. The second-order valence-corrected chi connectivity index (χ2v) is 8.30. The zero-order chi connectivity index (χ0) is 16.3. The monoisotopic (exact) mass is 338 g/mol.